The monoisotopic (exact) mass is 248 g/mol. The third kappa shape index (κ3) is 2.27. The zero-order valence-corrected chi connectivity index (χ0v) is 11.4. The van der Waals surface area contributed by atoms with Gasteiger partial charge in [-0.15, -0.1) is 0 Å². The van der Waals surface area contributed by atoms with Crippen LogP contribution in [0.25, 0.3) is 0 Å². The first kappa shape index (κ1) is 13.1. The van der Waals surface area contributed by atoms with Crippen molar-refractivity contribution in [1.29, 1.82) is 0 Å². The van der Waals surface area contributed by atoms with Gasteiger partial charge in [-0.2, -0.15) is 0 Å². The number of carbonyl (C=O) groups excluding carboxylic acids is 1. The van der Waals surface area contributed by atoms with Crippen LogP contribution in [0.3, 0.4) is 0 Å². The summed E-state index contributed by atoms with van der Waals surface area (Å²) in [4.78, 5) is 12.4. The number of hydrogen-bond acceptors (Lipinski definition) is 3. The Labute approximate surface area is 108 Å². The second-order valence-corrected chi connectivity index (χ2v) is 5.74. The Bertz CT molecular complexity index is 453. The van der Waals surface area contributed by atoms with E-state index in [1.807, 2.05) is 52.0 Å². The van der Waals surface area contributed by atoms with Gasteiger partial charge < -0.3 is 9.47 Å². The van der Waals surface area contributed by atoms with E-state index >= 15 is 0 Å². The van der Waals surface area contributed by atoms with Gasteiger partial charge in [0.2, 0.25) is 0 Å². The van der Waals surface area contributed by atoms with Gasteiger partial charge in [0.05, 0.1) is 6.61 Å². The van der Waals surface area contributed by atoms with Crippen LogP contribution < -0.4 is 0 Å². The lowest BCUT2D eigenvalue weighted by atomic mass is 9.83. The Balaban J connectivity index is 2.32. The fraction of sp³-hybridized carbons (Fsp3) is 0.533. The molecule has 1 aliphatic heterocycles. The summed E-state index contributed by atoms with van der Waals surface area (Å²) in [6, 6.07) is 7.82. The molecular formula is C15H20O3. The molecule has 1 atom stereocenters. The van der Waals surface area contributed by atoms with Crippen molar-refractivity contribution in [3.05, 3.63) is 35.4 Å². The summed E-state index contributed by atoms with van der Waals surface area (Å²) in [6.45, 7) is 8.20. The Morgan fingerprint density at radius 3 is 2.39 bits per heavy atom. The predicted octanol–water partition coefficient (Wildman–Crippen LogP) is 2.95. The van der Waals surface area contributed by atoms with Crippen molar-refractivity contribution in [3.63, 3.8) is 0 Å². The van der Waals surface area contributed by atoms with Crippen LogP contribution in [0.15, 0.2) is 24.3 Å². The van der Waals surface area contributed by atoms with Crippen molar-refractivity contribution in [1.82, 2.24) is 0 Å². The van der Waals surface area contributed by atoms with Gasteiger partial charge in [-0.3, -0.25) is 0 Å². The number of rotatable bonds is 2. The first-order valence-corrected chi connectivity index (χ1v) is 6.29. The third-order valence-corrected chi connectivity index (χ3v) is 3.11. The minimum absolute atomic E-state index is 0.282. The molecule has 1 heterocycles. The lowest BCUT2D eigenvalue weighted by Gasteiger charge is -2.42. The fourth-order valence-electron chi connectivity index (χ4n) is 2.18. The van der Waals surface area contributed by atoms with E-state index < -0.39 is 11.2 Å². The van der Waals surface area contributed by atoms with Gasteiger partial charge in [-0.05, 0) is 38.8 Å². The van der Waals surface area contributed by atoms with Crippen LogP contribution >= 0.6 is 0 Å². The molecule has 0 bridgehead atoms. The molecule has 18 heavy (non-hydrogen) atoms. The fourth-order valence-corrected chi connectivity index (χ4v) is 2.18. The summed E-state index contributed by atoms with van der Waals surface area (Å²) in [5.41, 5.74) is 0.596. The first-order chi connectivity index (χ1) is 8.35. The molecule has 1 aromatic carbocycles. The summed E-state index contributed by atoms with van der Waals surface area (Å²) in [6.07, 6.45) is 0.687. The molecule has 0 N–H and O–H groups in total. The third-order valence-electron chi connectivity index (χ3n) is 3.11. The summed E-state index contributed by atoms with van der Waals surface area (Å²) >= 11 is 0. The van der Waals surface area contributed by atoms with Gasteiger partial charge in [0, 0.05) is 6.42 Å². The van der Waals surface area contributed by atoms with Crippen LogP contribution in [-0.2, 0) is 19.9 Å². The maximum atomic E-state index is 12.4. The van der Waals surface area contributed by atoms with Gasteiger partial charge in [-0.1, -0.05) is 24.3 Å². The summed E-state index contributed by atoms with van der Waals surface area (Å²) in [5, 5.41) is 0. The minimum Gasteiger partial charge on any atom is -0.458 e. The van der Waals surface area contributed by atoms with Crippen molar-refractivity contribution in [2.75, 3.05) is 6.61 Å². The second-order valence-electron chi connectivity index (χ2n) is 5.74. The molecule has 1 fully saturated rings. The topological polar surface area (TPSA) is 35.5 Å². The Morgan fingerprint density at radius 2 is 1.94 bits per heavy atom. The lowest BCUT2D eigenvalue weighted by Crippen LogP contribution is -2.51. The van der Waals surface area contributed by atoms with Crippen molar-refractivity contribution >= 4 is 5.97 Å². The van der Waals surface area contributed by atoms with Gasteiger partial charge in [0.15, 0.2) is 5.60 Å². The maximum Gasteiger partial charge on any atom is 0.343 e. The highest BCUT2D eigenvalue weighted by Crippen LogP contribution is 2.41. The molecule has 0 aliphatic carbocycles. The van der Waals surface area contributed by atoms with E-state index in [4.69, 9.17) is 9.47 Å². The first-order valence-electron chi connectivity index (χ1n) is 6.29. The molecule has 3 nitrogen and oxygen atoms in total. The predicted molar refractivity (Wildman–Crippen MR) is 69.3 cm³/mol. The summed E-state index contributed by atoms with van der Waals surface area (Å²) in [7, 11) is 0. The molecule has 1 aliphatic rings. The number of ether oxygens (including phenoxy) is 2. The number of esters is 1. The van der Waals surface area contributed by atoms with E-state index in [1.54, 1.807) is 0 Å². The van der Waals surface area contributed by atoms with Gasteiger partial charge in [-0.25, -0.2) is 4.79 Å². The molecule has 0 aromatic heterocycles. The highest BCUT2D eigenvalue weighted by Gasteiger charge is 2.50. The zero-order valence-electron chi connectivity index (χ0n) is 11.4. The Morgan fingerprint density at radius 1 is 1.33 bits per heavy atom. The maximum absolute atomic E-state index is 12.4. The summed E-state index contributed by atoms with van der Waals surface area (Å²) < 4.78 is 11.1. The van der Waals surface area contributed by atoms with Gasteiger partial charge in [0.25, 0.3) is 0 Å². The second kappa shape index (κ2) is 4.39. The molecule has 1 unspecified atom stereocenters. The van der Waals surface area contributed by atoms with E-state index in [1.165, 1.54) is 0 Å². The van der Waals surface area contributed by atoms with Crippen molar-refractivity contribution in [2.24, 2.45) is 0 Å². The molecule has 0 amide bonds. The largest absolute Gasteiger partial charge is 0.458 e. The van der Waals surface area contributed by atoms with Crippen molar-refractivity contribution in [3.8, 4) is 0 Å². The average molecular weight is 248 g/mol. The minimum atomic E-state index is -0.890. The molecule has 1 aromatic rings. The Hall–Kier alpha value is -1.35. The van der Waals surface area contributed by atoms with Crippen molar-refractivity contribution < 1.29 is 14.3 Å². The van der Waals surface area contributed by atoms with Crippen LogP contribution in [-0.4, -0.2) is 18.2 Å². The molecule has 98 valence electrons. The number of hydrogen-bond donors (Lipinski definition) is 0. The molecule has 0 saturated carbocycles. The van der Waals surface area contributed by atoms with Crippen LogP contribution in [0.5, 0.6) is 0 Å². The normalized spacial score (nSPS) is 23.3. The Kier molecular flexibility index (Phi) is 3.20. The summed E-state index contributed by atoms with van der Waals surface area (Å²) in [5.74, 6) is -0.282. The number of aryl methyl sites for hydroxylation is 1. The van der Waals surface area contributed by atoms with Crippen LogP contribution in [0, 0.1) is 6.92 Å². The highest BCUT2D eigenvalue weighted by atomic mass is 16.6. The SMILES string of the molecule is Cc1ccccc1C1(C(=O)OC(C)(C)C)CCO1. The highest BCUT2D eigenvalue weighted by molar-refractivity contribution is 5.83. The molecule has 3 heteroatoms. The lowest BCUT2D eigenvalue weighted by molar-refractivity contribution is -0.213. The van der Waals surface area contributed by atoms with Crippen LogP contribution in [0.1, 0.15) is 38.3 Å². The zero-order chi connectivity index (χ0) is 13.4. The molecule has 2 rings (SSSR count). The average Bonchev–Trinajstić information content (AvgIpc) is 2.16. The van der Waals surface area contributed by atoms with E-state index in [0.29, 0.717) is 13.0 Å². The molecule has 0 radical (unpaired) electrons. The molecular weight excluding hydrogens is 228 g/mol. The number of carbonyl (C=O) groups is 1. The molecule has 1 saturated heterocycles. The van der Waals surface area contributed by atoms with Gasteiger partial charge in [0.1, 0.15) is 5.60 Å². The smallest absolute Gasteiger partial charge is 0.343 e. The quantitative estimate of drug-likeness (QED) is 0.755. The molecule has 0 spiro atoms. The van der Waals surface area contributed by atoms with E-state index in [2.05, 4.69) is 0 Å². The van der Waals surface area contributed by atoms with E-state index in [0.717, 1.165) is 11.1 Å². The van der Waals surface area contributed by atoms with Crippen molar-refractivity contribution in [2.45, 2.75) is 45.3 Å². The van der Waals surface area contributed by atoms with Crippen LogP contribution in [0.2, 0.25) is 0 Å². The van der Waals surface area contributed by atoms with E-state index in [-0.39, 0.29) is 5.97 Å². The standard InChI is InChI=1S/C15H20O3/c1-11-7-5-6-8-12(11)15(9-10-17-15)13(16)18-14(2,3)4/h5-8H,9-10H2,1-4H3. The number of benzene rings is 1. The van der Waals surface area contributed by atoms with Gasteiger partial charge >= 0.3 is 5.97 Å². The van der Waals surface area contributed by atoms with E-state index in [9.17, 15) is 4.79 Å². The van der Waals surface area contributed by atoms with Crippen LogP contribution in [0.4, 0.5) is 0 Å².